The third-order valence-electron chi connectivity index (χ3n) is 4.71. The van der Waals surface area contributed by atoms with Crippen molar-refractivity contribution in [2.45, 2.75) is 38.3 Å². The first-order chi connectivity index (χ1) is 10.1. The number of likely N-dealkylation sites (N-methyl/N-ethyl adjacent to an activating group) is 1. The van der Waals surface area contributed by atoms with Gasteiger partial charge in [0.15, 0.2) is 0 Å². The Balaban J connectivity index is 2.78. The highest BCUT2D eigenvalue weighted by Crippen LogP contribution is 2.57. The molecule has 0 radical (unpaired) electrons. The van der Waals surface area contributed by atoms with Crippen LogP contribution in [0, 0.1) is 0 Å². The Labute approximate surface area is 129 Å². The number of fused-ring (bicyclic) bond motifs is 1. The molecular weight excluding hydrogens is 289 g/mol. The van der Waals surface area contributed by atoms with E-state index in [-0.39, 0.29) is 17.7 Å². The van der Waals surface area contributed by atoms with E-state index < -0.39 is 11.6 Å². The number of nitrogens with two attached hydrogens (primary N) is 1. The van der Waals surface area contributed by atoms with E-state index in [1.165, 1.54) is 17.9 Å². The molecule has 0 fully saturated rings. The van der Waals surface area contributed by atoms with Gasteiger partial charge in [0, 0.05) is 29.7 Å². The number of rotatable bonds is 3. The van der Waals surface area contributed by atoms with E-state index >= 15 is 0 Å². The Morgan fingerprint density at radius 3 is 2.36 bits per heavy atom. The SMILES string of the molecule is C=C(CC)c1cc2c(cc1N)C(CC)(C(F)(F)F)C(=C)N2C. The molecule has 0 bridgehead atoms. The van der Waals surface area contributed by atoms with Crippen LogP contribution in [0.5, 0.6) is 0 Å². The zero-order valence-corrected chi connectivity index (χ0v) is 13.1. The molecular formula is C17H21F3N2. The Hall–Kier alpha value is -1.91. The molecule has 120 valence electrons. The van der Waals surface area contributed by atoms with Gasteiger partial charge < -0.3 is 10.6 Å². The predicted molar refractivity (Wildman–Crippen MR) is 85.7 cm³/mol. The van der Waals surface area contributed by atoms with Crippen molar-refractivity contribution in [3.8, 4) is 0 Å². The summed E-state index contributed by atoms with van der Waals surface area (Å²) in [5.74, 6) is 0. The molecule has 0 spiro atoms. The molecule has 1 aromatic carbocycles. The first-order valence-electron chi connectivity index (χ1n) is 7.23. The summed E-state index contributed by atoms with van der Waals surface area (Å²) in [5.41, 5.74) is 6.49. The summed E-state index contributed by atoms with van der Waals surface area (Å²) in [6, 6.07) is 3.14. The number of nitrogens with zero attached hydrogens (tertiary/aromatic N) is 1. The summed E-state index contributed by atoms with van der Waals surface area (Å²) in [6.45, 7) is 11.1. The molecule has 1 aliphatic rings. The van der Waals surface area contributed by atoms with Crippen LogP contribution < -0.4 is 10.6 Å². The predicted octanol–water partition coefficient (Wildman–Crippen LogP) is 4.87. The zero-order valence-electron chi connectivity index (χ0n) is 13.1. The van der Waals surface area contributed by atoms with Crippen LogP contribution in [0.3, 0.4) is 0 Å². The first kappa shape index (κ1) is 16.5. The summed E-state index contributed by atoms with van der Waals surface area (Å²) in [5, 5.41) is 0. The minimum absolute atomic E-state index is 0.0381. The summed E-state index contributed by atoms with van der Waals surface area (Å²) in [7, 11) is 1.61. The number of hydrogen-bond acceptors (Lipinski definition) is 2. The monoisotopic (exact) mass is 310 g/mol. The van der Waals surface area contributed by atoms with E-state index in [1.54, 1.807) is 13.1 Å². The lowest BCUT2D eigenvalue weighted by atomic mass is 9.76. The number of alkyl halides is 3. The third-order valence-corrected chi connectivity index (χ3v) is 4.71. The van der Waals surface area contributed by atoms with E-state index in [0.29, 0.717) is 23.4 Å². The van der Waals surface area contributed by atoms with Crippen molar-refractivity contribution in [1.82, 2.24) is 0 Å². The zero-order chi connectivity index (χ0) is 16.9. The molecule has 1 aliphatic heterocycles. The average Bonchev–Trinajstić information content (AvgIpc) is 2.65. The smallest absolute Gasteiger partial charge is 0.398 e. The first-order valence-corrected chi connectivity index (χ1v) is 7.23. The summed E-state index contributed by atoms with van der Waals surface area (Å²) < 4.78 is 41.5. The van der Waals surface area contributed by atoms with Gasteiger partial charge in [0.05, 0.1) is 0 Å². The van der Waals surface area contributed by atoms with Gasteiger partial charge in [-0.05, 0) is 36.1 Å². The third kappa shape index (κ3) is 1.95. The number of hydrogen-bond donors (Lipinski definition) is 1. The lowest BCUT2D eigenvalue weighted by Crippen LogP contribution is -2.43. The minimum atomic E-state index is -4.42. The van der Waals surface area contributed by atoms with Crippen LogP contribution in [0.4, 0.5) is 24.5 Å². The fraction of sp³-hybridized carbons (Fsp3) is 0.412. The highest BCUT2D eigenvalue weighted by atomic mass is 19.4. The molecule has 1 atom stereocenters. The number of halogens is 3. The number of nitrogen functional groups attached to an aromatic ring is 1. The molecule has 0 aromatic heterocycles. The largest absolute Gasteiger partial charge is 0.403 e. The van der Waals surface area contributed by atoms with Gasteiger partial charge in [0.1, 0.15) is 5.41 Å². The topological polar surface area (TPSA) is 29.3 Å². The summed E-state index contributed by atoms with van der Waals surface area (Å²) in [4.78, 5) is 1.51. The average molecular weight is 310 g/mol. The molecule has 22 heavy (non-hydrogen) atoms. The Morgan fingerprint density at radius 2 is 1.91 bits per heavy atom. The number of allylic oxidation sites excluding steroid dienone is 2. The highest BCUT2D eigenvalue weighted by Gasteiger charge is 2.61. The van der Waals surface area contributed by atoms with Crippen molar-refractivity contribution >= 4 is 16.9 Å². The second-order valence-electron chi connectivity index (χ2n) is 5.68. The van der Waals surface area contributed by atoms with Crippen LogP contribution in [0.15, 0.2) is 31.0 Å². The second-order valence-corrected chi connectivity index (χ2v) is 5.68. The van der Waals surface area contributed by atoms with Gasteiger partial charge >= 0.3 is 6.18 Å². The maximum Gasteiger partial charge on any atom is 0.403 e. The van der Waals surface area contributed by atoms with E-state index in [9.17, 15) is 13.2 Å². The molecule has 2 nitrogen and oxygen atoms in total. The Kier molecular flexibility index (Phi) is 3.80. The molecule has 1 heterocycles. The van der Waals surface area contributed by atoms with Crippen LogP contribution in [-0.4, -0.2) is 13.2 Å². The molecule has 1 unspecified atom stereocenters. The Bertz CT molecular complexity index is 646. The van der Waals surface area contributed by atoms with Gasteiger partial charge in [-0.15, -0.1) is 0 Å². The molecule has 2 N–H and O–H groups in total. The van der Waals surface area contributed by atoms with Crippen LogP contribution >= 0.6 is 0 Å². The fourth-order valence-corrected chi connectivity index (χ4v) is 3.22. The van der Waals surface area contributed by atoms with Gasteiger partial charge in [-0.1, -0.05) is 27.0 Å². The normalized spacial score (nSPS) is 21.2. The van der Waals surface area contributed by atoms with Crippen molar-refractivity contribution < 1.29 is 13.2 Å². The van der Waals surface area contributed by atoms with E-state index in [1.807, 2.05) is 6.92 Å². The maximum atomic E-state index is 13.8. The van der Waals surface area contributed by atoms with Crippen LogP contribution in [0.2, 0.25) is 0 Å². The van der Waals surface area contributed by atoms with Crippen LogP contribution in [0.1, 0.15) is 37.8 Å². The molecule has 5 heteroatoms. The minimum Gasteiger partial charge on any atom is -0.398 e. The van der Waals surface area contributed by atoms with Crippen LogP contribution in [-0.2, 0) is 5.41 Å². The van der Waals surface area contributed by atoms with E-state index in [0.717, 1.165) is 5.57 Å². The number of benzene rings is 1. The van der Waals surface area contributed by atoms with Gasteiger partial charge in [0.25, 0.3) is 0 Å². The van der Waals surface area contributed by atoms with Gasteiger partial charge in [-0.3, -0.25) is 0 Å². The molecule has 0 amide bonds. The Morgan fingerprint density at radius 1 is 1.32 bits per heavy atom. The maximum absolute atomic E-state index is 13.8. The summed E-state index contributed by atoms with van der Waals surface area (Å²) in [6.07, 6.45) is -3.85. The van der Waals surface area contributed by atoms with Gasteiger partial charge in [-0.25, -0.2) is 0 Å². The fourth-order valence-electron chi connectivity index (χ4n) is 3.22. The van der Waals surface area contributed by atoms with Crippen molar-refractivity contribution in [2.75, 3.05) is 17.7 Å². The quantitative estimate of drug-likeness (QED) is 0.807. The lowest BCUT2D eigenvalue weighted by Gasteiger charge is -2.33. The lowest BCUT2D eigenvalue weighted by molar-refractivity contribution is -0.178. The van der Waals surface area contributed by atoms with Crippen molar-refractivity contribution in [1.29, 1.82) is 0 Å². The summed E-state index contributed by atoms with van der Waals surface area (Å²) >= 11 is 0. The molecule has 2 rings (SSSR count). The highest BCUT2D eigenvalue weighted by molar-refractivity contribution is 5.83. The van der Waals surface area contributed by atoms with E-state index in [4.69, 9.17) is 5.73 Å². The van der Waals surface area contributed by atoms with Crippen molar-refractivity contribution in [3.63, 3.8) is 0 Å². The molecule has 1 aromatic rings. The van der Waals surface area contributed by atoms with Crippen LogP contribution in [0.25, 0.3) is 5.57 Å². The molecule has 0 saturated carbocycles. The molecule has 0 aliphatic carbocycles. The van der Waals surface area contributed by atoms with Crippen molar-refractivity contribution in [3.05, 3.63) is 42.1 Å². The van der Waals surface area contributed by atoms with E-state index in [2.05, 4.69) is 13.2 Å². The number of anilines is 2. The standard InChI is InChI=1S/C17H21F3N2/c1-6-10(3)12-8-15-13(9-14(12)21)16(7-2,17(18,19)20)11(4)22(15)5/h8-9H,3-4,6-7,21H2,1-2,5H3. The van der Waals surface area contributed by atoms with Crippen molar-refractivity contribution in [2.24, 2.45) is 0 Å². The van der Waals surface area contributed by atoms with Gasteiger partial charge in [0.2, 0.25) is 0 Å². The van der Waals surface area contributed by atoms with Gasteiger partial charge in [-0.2, -0.15) is 13.2 Å². The molecule has 0 saturated heterocycles. The second kappa shape index (κ2) is 5.07.